The highest BCUT2D eigenvalue weighted by molar-refractivity contribution is 5.41. The molecule has 28 heavy (non-hydrogen) atoms. The van der Waals surface area contributed by atoms with Crippen LogP contribution in [0.25, 0.3) is 0 Å². The van der Waals surface area contributed by atoms with E-state index in [1.807, 2.05) is 0 Å². The Labute approximate surface area is 168 Å². The first-order valence-corrected chi connectivity index (χ1v) is 9.56. The van der Waals surface area contributed by atoms with E-state index in [4.69, 9.17) is 18.9 Å². The van der Waals surface area contributed by atoms with E-state index in [-0.39, 0.29) is 0 Å². The minimum Gasteiger partial charge on any atom is -0.494 e. The molecule has 0 amide bonds. The molecule has 0 bridgehead atoms. The van der Waals surface area contributed by atoms with Crippen molar-refractivity contribution in [1.29, 1.82) is 0 Å². The van der Waals surface area contributed by atoms with Gasteiger partial charge in [0, 0.05) is 12.8 Å². The molecular weight excluding hydrogens is 352 g/mol. The van der Waals surface area contributed by atoms with E-state index in [1.165, 1.54) is 11.1 Å². The zero-order valence-electron chi connectivity index (χ0n) is 16.6. The second kappa shape index (κ2) is 11.8. The van der Waals surface area contributed by atoms with Gasteiger partial charge >= 0.3 is 0 Å². The smallest absolute Gasteiger partial charge is 0.122 e. The summed E-state index contributed by atoms with van der Waals surface area (Å²) < 4.78 is 22.2. The van der Waals surface area contributed by atoms with Gasteiger partial charge in [0.25, 0.3) is 0 Å². The maximum absolute atomic E-state index is 5.75. The third-order valence-electron chi connectivity index (χ3n) is 4.41. The van der Waals surface area contributed by atoms with E-state index in [1.54, 1.807) is 12.2 Å². The number of rotatable bonds is 13. The molecule has 0 aromatic rings. The lowest BCUT2D eigenvalue weighted by molar-refractivity contribution is 0.118. The predicted molar refractivity (Wildman–Crippen MR) is 113 cm³/mol. The molecule has 0 N–H and O–H groups in total. The number of allylic oxidation sites excluding steroid dienone is 10. The van der Waals surface area contributed by atoms with Crippen LogP contribution in [0.4, 0.5) is 0 Å². The Morgan fingerprint density at radius 3 is 1.43 bits per heavy atom. The first-order valence-electron chi connectivity index (χ1n) is 9.56. The number of hydrogen-bond donors (Lipinski definition) is 0. The fourth-order valence-corrected chi connectivity index (χ4v) is 2.82. The van der Waals surface area contributed by atoms with Crippen molar-refractivity contribution in [3.8, 4) is 0 Å². The van der Waals surface area contributed by atoms with Crippen LogP contribution < -0.4 is 0 Å². The van der Waals surface area contributed by atoms with Crippen molar-refractivity contribution in [2.24, 2.45) is 0 Å². The van der Waals surface area contributed by atoms with E-state index in [0.717, 1.165) is 37.2 Å². The van der Waals surface area contributed by atoms with Gasteiger partial charge < -0.3 is 18.9 Å². The van der Waals surface area contributed by atoms with Crippen LogP contribution in [0.2, 0.25) is 0 Å². The largest absolute Gasteiger partial charge is 0.494 e. The van der Waals surface area contributed by atoms with Crippen molar-refractivity contribution >= 4 is 0 Å². The molecule has 0 spiro atoms. The van der Waals surface area contributed by atoms with Crippen LogP contribution >= 0.6 is 0 Å². The molecule has 0 saturated carbocycles. The van der Waals surface area contributed by atoms with Crippen LogP contribution in [-0.4, -0.2) is 26.4 Å². The Morgan fingerprint density at radius 2 is 1.11 bits per heavy atom. The third kappa shape index (κ3) is 7.39. The van der Waals surface area contributed by atoms with E-state index < -0.39 is 0 Å². The van der Waals surface area contributed by atoms with Crippen molar-refractivity contribution in [2.75, 3.05) is 26.4 Å². The Hall–Kier alpha value is -2.88. The van der Waals surface area contributed by atoms with Crippen LogP contribution in [0.1, 0.15) is 25.7 Å². The van der Waals surface area contributed by atoms with Gasteiger partial charge in [-0.15, -0.1) is 0 Å². The molecule has 2 rings (SSSR count). The summed E-state index contributed by atoms with van der Waals surface area (Å²) in [4.78, 5) is 0. The summed E-state index contributed by atoms with van der Waals surface area (Å²) >= 11 is 0. The molecule has 0 saturated heterocycles. The van der Waals surface area contributed by atoms with Crippen molar-refractivity contribution in [2.45, 2.75) is 25.7 Å². The molecule has 0 aromatic heterocycles. The topological polar surface area (TPSA) is 36.9 Å². The predicted octanol–water partition coefficient (Wildman–Crippen LogP) is 5.66. The van der Waals surface area contributed by atoms with Crippen molar-refractivity contribution in [3.05, 3.63) is 97.0 Å². The molecule has 2 aliphatic carbocycles. The monoisotopic (exact) mass is 382 g/mol. The van der Waals surface area contributed by atoms with Gasteiger partial charge in [-0.2, -0.15) is 0 Å². The second-order valence-electron chi connectivity index (χ2n) is 6.38. The maximum Gasteiger partial charge on any atom is 0.122 e. The quantitative estimate of drug-likeness (QED) is 0.234. The summed E-state index contributed by atoms with van der Waals surface area (Å²) in [5, 5.41) is 0. The standard InChI is InChI=1S/C24H30O4/c1-5-19(3)25-15-17-27-23-11-7-21(8-12-23)22-9-13-24(14-10-22)28-18-16-26-20(4)6-2/h5-7,9,11,13H,1-4,8,10,12,14-18H2. The molecular formula is C24H30O4. The molecule has 4 nitrogen and oxygen atoms in total. The Bertz CT molecular complexity index is 657. The summed E-state index contributed by atoms with van der Waals surface area (Å²) in [7, 11) is 0. The van der Waals surface area contributed by atoms with Gasteiger partial charge in [-0.25, -0.2) is 0 Å². The fourth-order valence-electron chi connectivity index (χ4n) is 2.82. The van der Waals surface area contributed by atoms with Gasteiger partial charge in [-0.3, -0.25) is 0 Å². The molecule has 4 heteroatoms. The first-order chi connectivity index (χ1) is 13.6. The van der Waals surface area contributed by atoms with E-state index >= 15 is 0 Å². The molecule has 0 heterocycles. The third-order valence-corrected chi connectivity index (χ3v) is 4.41. The van der Waals surface area contributed by atoms with Gasteiger partial charge in [-0.1, -0.05) is 38.5 Å². The maximum atomic E-state index is 5.75. The van der Waals surface area contributed by atoms with Crippen molar-refractivity contribution in [1.82, 2.24) is 0 Å². The average Bonchev–Trinajstić information content (AvgIpc) is 2.74. The molecule has 0 aliphatic heterocycles. The lowest BCUT2D eigenvalue weighted by Crippen LogP contribution is -2.07. The lowest BCUT2D eigenvalue weighted by Gasteiger charge is -2.21. The van der Waals surface area contributed by atoms with Crippen LogP contribution in [0.15, 0.2) is 97.0 Å². The molecule has 0 atom stereocenters. The minimum absolute atomic E-state index is 0.476. The Morgan fingerprint density at radius 1 is 0.679 bits per heavy atom. The van der Waals surface area contributed by atoms with Gasteiger partial charge in [0.05, 0.1) is 11.5 Å². The summed E-state index contributed by atoms with van der Waals surface area (Å²) in [6.45, 7) is 16.6. The number of ether oxygens (including phenoxy) is 4. The minimum atomic E-state index is 0.476. The zero-order valence-corrected chi connectivity index (χ0v) is 16.6. The molecule has 0 unspecified atom stereocenters. The second-order valence-corrected chi connectivity index (χ2v) is 6.38. The fraction of sp³-hybridized carbons (Fsp3) is 0.333. The van der Waals surface area contributed by atoms with Crippen molar-refractivity contribution in [3.63, 3.8) is 0 Å². The lowest BCUT2D eigenvalue weighted by atomic mass is 9.90. The summed E-state index contributed by atoms with van der Waals surface area (Å²) in [6.07, 6.45) is 15.4. The highest BCUT2D eigenvalue weighted by Crippen LogP contribution is 2.31. The van der Waals surface area contributed by atoms with E-state index in [0.29, 0.717) is 37.9 Å². The summed E-state index contributed by atoms with van der Waals surface area (Å²) in [5.74, 6) is 3.12. The molecule has 0 radical (unpaired) electrons. The van der Waals surface area contributed by atoms with Crippen LogP contribution in [0.5, 0.6) is 0 Å². The molecule has 0 aromatic carbocycles. The molecule has 150 valence electrons. The molecule has 0 fully saturated rings. The van der Waals surface area contributed by atoms with Crippen molar-refractivity contribution < 1.29 is 18.9 Å². The summed E-state index contributed by atoms with van der Waals surface area (Å²) in [6, 6.07) is 0. The van der Waals surface area contributed by atoms with Gasteiger partial charge in [0.15, 0.2) is 0 Å². The number of hydrogen-bond acceptors (Lipinski definition) is 4. The first kappa shape index (κ1) is 21.4. The highest BCUT2D eigenvalue weighted by Gasteiger charge is 2.14. The Balaban J connectivity index is 1.75. The van der Waals surface area contributed by atoms with Crippen LogP contribution in [-0.2, 0) is 18.9 Å². The average molecular weight is 383 g/mol. The van der Waals surface area contributed by atoms with E-state index in [2.05, 4.69) is 50.6 Å². The summed E-state index contributed by atoms with van der Waals surface area (Å²) in [5.41, 5.74) is 2.73. The molecule has 2 aliphatic rings. The zero-order chi connectivity index (χ0) is 20.2. The van der Waals surface area contributed by atoms with E-state index in [9.17, 15) is 0 Å². The Kier molecular flexibility index (Phi) is 8.99. The van der Waals surface area contributed by atoms with Gasteiger partial charge in [0.1, 0.15) is 37.9 Å². The van der Waals surface area contributed by atoms with Gasteiger partial charge in [0.2, 0.25) is 0 Å². The highest BCUT2D eigenvalue weighted by atomic mass is 16.5. The SMILES string of the molecule is C=CC(=C)OCCOC1=CC=C(C2=CC=C(OCCOC(=C)C=C)CC2)CC1. The van der Waals surface area contributed by atoms with Crippen LogP contribution in [0.3, 0.4) is 0 Å². The normalized spacial score (nSPS) is 15.9. The van der Waals surface area contributed by atoms with Gasteiger partial charge in [-0.05, 0) is 48.3 Å². The van der Waals surface area contributed by atoms with Crippen LogP contribution in [0, 0.1) is 0 Å².